The van der Waals surface area contributed by atoms with Gasteiger partial charge in [-0.3, -0.25) is 4.79 Å². The molecule has 6 nitrogen and oxygen atoms in total. The van der Waals surface area contributed by atoms with E-state index in [1.165, 1.54) is 19.0 Å². The van der Waals surface area contributed by atoms with Crippen LogP contribution in [0.15, 0.2) is 6.20 Å². The first-order valence-corrected chi connectivity index (χ1v) is 8.34. The van der Waals surface area contributed by atoms with Gasteiger partial charge in [-0.2, -0.15) is 0 Å². The van der Waals surface area contributed by atoms with E-state index in [9.17, 15) is 9.90 Å². The van der Waals surface area contributed by atoms with E-state index in [2.05, 4.69) is 22.2 Å². The number of nitrogens with one attached hydrogen (secondary N) is 1. The zero-order chi connectivity index (χ0) is 17.0. The quantitative estimate of drug-likeness (QED) is 0.745. The van der Waals surface area contributed by atoms with Crippen LogP contribution in [0.25, 0.3) is 0 Å². The van der Waals surface area contributed by atoms with Gasteiger partial charge in [0.25, 0.3) is 5.91 Å². The van der Waals surface area contributed by atoms with E-state index in [1.54, 1.807) is 0 Å². The van der Waals surface area contributed by atoms with Gasteiger partial charge in [0.15, 0.2) is 0 Å². The molecule has 6 heteroatoms. The van der Waals surface area contributed by atoms with Crippen molar-refractivity contribution < 1.29 is 9.90 Å². The summed E-state index contributed by atoms with van der Waals surface area (Å²) < 4.78 is 0. The monoisotopic (exact) mass is 320 g/mol. The van der Waals surface area contributed by atoms with Gasteiger partial charge in [-0.25, -0.2) is 9.97 Å². The highest BCUT2D eigenvalue weighted by Crippen LogP contribution is 2.26. The lowest BCUT2D eigenvalue weighted by atomic mass is 9.87. The van der Waals surface area contributed by atoms with E-state index in [0.717, 1.165) is 18.8 Å². The number of nitrogens with two attached hydrogens (primary N) is 1. The fraction of sp³-hybridized carbons (Fsp3) is 0.706. The van der Waals surface area contributed by atoms with Crippen LogP contribution in [0.4, 0.5) is 5.95 Å². The fourth-order valence-electron chi connectivity index (χ4n) is 2.92. The largest absolute Gasteiger partial charge is 0.396 e. The number of primary amides is 1. The van der Waals surface area contributed by atoms with E-state index in [4.69, 9.17) is 5.73 Å². The summed E-state index contributed by atoms with van der Waals surface area (Å²) in [5.74, 6) is 0.789. The fourth-order valence-corrected chi connectivity index (χ4v) is 2.92. The molecule has 1 heterocycles. The second kappa shape index (κ2) is 7.25. The maximum atomic E-state index is 11.6. The Labute approximate surface area is 137 Å². The molecule has 1 aliphatic carbocycles. The molecule has 0 radical (unpaired) electrons. The molecule has 1 aromatic heterocycles. The third kappa shape index (κ3) is 4.89. The van der Waals surface area contributed by atoms with Gasteiger partial charge in [-0.05, 0) is 43.4 Å². The third-order valence-corrected chi connectivity index (χ3v) is 4.56. The summed E-state index contributed by atoms with van der Waals surface area (Å²) in [5, 5.41) is 12.8. The summed E-state index contributed by atoms with van der Waals surface area (Å²) in [7, 11) is 0. The lowest BCUT2D eigenvalue weighted by molar-refractivity contribution is 0.0996. The molecular weight excluding hydrogens is 292 g/mol. The average molecular weight is 320 g/mol. The first kappa shape index (κ1) is 17.7. The first-order chi connectivity index (χ1) is 10.8. The number of carbonyl (C=O) groups is 1. The summed E-state index contributed by atoms with van der Waals surface area (Å²) >= 11 is 0. The van der Waals surface area contributed by atoms with Crippen molar-refractivity contribution in [1.82, 2.24) is 9.97 Å². The minimum absolute atomic E-state index is 0.0124. The SMILES string of the molecule is CC1CCC(Nc2ncc(C(N)=O)c(CC(C)(C)CO)n2)CC1. The predicted octanol–water partition coefficient (Wildman–Crippen LogP) is 2.13. The number of aliphatic hydroxyl groups is 1. The number of hydrogen-bond donors (Lipinski definition) is 3. The van der Waals surface area contributed by atoms with Crippen LogP contribution < -0.4 is 11.1 Å². The highest BCUT2D eigenvalue weighted by molar-refractivity contribution is 5.93. The molecule has 0 aliphatic heterocycles. The minimum Gasteiger partial charge on any atom is -0.396 e. The molecule has 1 amide bonds. The molecule has 0 saturated heterocycles. The van der Waals surface area contributed by atoms with Crippen LogP contribution >= 0.6 is 0 Å². The Hall–Kier alpha value is -1.69. The maximum Gasteiger partial charge on any atom is 0.252 e. The lowest BCUT2D eigenvalue weighted by Crippen LogP contribution is -2.28. The van der Waals surface area contributed by atoms with Crippen LogP contribution in [-0.2, 0) is 6.42 Å². The van der Waals surface area contributed by atoms with Crippen LogP contribution in [0, 0.1) is 11.3 Å². The number of hydrogen-bond acceptors (Lipinski definition) is 5. The first-order valence-electron chi connectivity index (χ1n) is 8.34. The van der Waals surface area contributed by atoms with E-state index in [-0.39, 0.29) is 12.0 Å². The summed E-state index contributed by atoms with van der Waals surface area (Å²) in [6.45, 7) is 6.15. The number of aliphatic hydroxyl groups excluding tert-OH is 1. The molecule has 1 fully saturated rings. The number of anilines is 1. The average Bonchev–Trinajstić information content (AvgIpc) is 2.49. The van der Waals surface area contributed by atoms with Crippen molar-refractivity contribution in [3.63, 3.8) is 0 Å². The van der Waals surface area contributed by atoms with Gasteiger partial charge in [-0.15, -0.1) is 0 Å². The van der Waals surface area contributed by atoms with Crippen LogP contribution in [0.3, 0.4) is 0 Å². The number of aromatic nitrogens is 2. The minimum atomic E-state index is -0.535. The van der Waals surface area contributed by atoms with Gasteiger partial charge < -0.3 is 16.2 Å². The maximum absolute atomic E-state index is 11.6. The van der Waals surface area contributed by atoms with Crippen molar-refractivity contribution in [3.05, 3.63) is 17.5 Å². The van der Waals surface area contributed by atoms with Gasteiger partial charge in [0.1, 0.15) is 0 Å². The second-order valence-corrected chi connectivity index (χ2v) is 7.52. The van der Waals surface area contributed by atoms with Gasteiger partial charge in [0.2, 0.25) is 5.95 Å². The summed E-state index contributed by atoms with van der Waals surface area (Å²) in [6.07, 6.45) is 6.61. The standard InChI is InChI=1S/C17H28N4O2/c1-11-4-6-12(7-5-11)20-16-19-9-13(15(18)23)14(21-16)8-17(2,3)10-22/h9,11-12,22H,4-8,10H2,1-3H3,(H2,18,23)(H,19,20,21). The zero-order valence-electron chi connectivity index (χ0n) is 14.3. The number of amides is 1. The molecule has 2 rings (SSSR count). The van der Waals surface area contributed by atoms with Crippen molar-refractivity contribution in [2.45, 2.75) is 58.9 Å². The molecule has 0 spiro atoms. The molecule has 1 aliphatic rings. The Kier molecular flexibility index (Phi) is 5.57. The Morgan fingerprint density at radius 3 is 2.61 bits per heavy atom. The van der Waals surface area contributed by atoms with Crippen molar-refractivity contribution >= 4 is 11.9 Å². The Balaban J connectivity index is 2.17. The van der Waals surface area contributed by atoms with Crippen molar-refractivity contribution in [2.75, 3.05) is 11.9 Å². The van der Waals surface area contributed by atoms with E-state index in [1.807, 2.05) is 13.8 Å². The number of nitrogens with zero attached hydrogens (tertiary/aromatic N) is 2. The summed E-state index contributed by atoms with van der Waals surface area (Å²) in [6, 6.07) is 0.379. The molecule has 1 aromatic rings. The van der Waals surface area contributed by atoms with E-state index >= 15 is 0 Å². The highest BCUT2D eigenvalue weighted by atomic mass is 16.3. The normalized spacial score (nSPS) is 21.9. The van der Waals surface area contributed by atoms with Crippen LogP contribution in [0.5, 0.6) is 0 Å². The molecule has 0 aromatic carbocycles. The van der Waals surface area contributed by atoms with Crippen LogP contribution in [0.1, 0.15) is 62.5 Å². The highest BCUT2D eigenvalue weighted by Gasteiger charge is 2.24. The Morgan fingerprint density at radius 1 is 1.39 bits per heavy atom. The zero-order valence-corrected chi connectivity index (χ0v) is 14.3. The number of rotatable bonds is 6. The molecule has 128 valence electrons. The second-order valence-electron chi connectivity index (χ2n) is 7.52. The molecule has 0 atom stereocenters. The van der Waals surface area contributed by atoms with Crippen LogP contribution in [-0.4, -0.2) is 33.6 Å². The lowest BCUT2D eigenvalue weighted by Gasteiger charge is -2.27. The van der Waals surface area contributed by atoms with Gasteiger partial charge >= 0.3 is 0 Å². The topological polar surface area (TPSA) is 101 Å². The molecule has 23 heavy (non-hydrogen) atoms. The third-order valence-electron chi connectivity index (χ3n) is 4.56. The number of carbonyl (C=O) groups excluding carboxylic acids is 1. The molecular formula is C17H28N4O2. The molecule has 0 unspecified atom stereocenters. The Morgan fingerprint density at radius 2 is 2.04 bits per heavy atom. The predicted molar refractivity (Wildman–Crippen MR) is 90.2 cm³/mol. The van der Waals surface area contributed by atoms with Gasteiger partial charge in [0, 0.05) is 18.8 Å². The van der Waals surface area contributed by atoms with E-state index < -0.39 is 5.91 Å². The van der Waals surface area contributed by atoms with Gasteiger partial charge in [-0.1, -0.05) is 20.8 Å². The molecule has 1 saturated carbocycles. The molecule has 4 N–H and O–H groups in total. The van der Waals surface area contributed by atoms with Crippen molar-refractivity contribution in [2.24, 2.45) is 17.1 Å². The van der Waals surface area contributed by atoms with Crippen molar-refractivity contribution in [1.29, 1.82) is 0 Å². The van der Waals surface area contributed by atoms with Gasteiger partial charge in [0.05, 0.1) is 11.3 Å². The summed E-state index contributed by atoms with van der Waals surface area (Å²) in [5.41, 5.74) is 5.98. The van der Waals surface area contributed by atoms with Crippen molar-refractivity contribution in [3.8, 4) is 0 Å². The van der Waals surface area contributed by atoms with E-state index in [0.29, 0.717) is 29.7 Å². The summed E-state index contributed by atoms with van der Waals surface area (Å²) in [4.78, 5) is 20.3. The molecule has 0 bridgehead atoms. The van der Waals surface area contributed by atoms with Crippen LogP contribution in [0.2, 0.25) is 0 Å². The smallest absolute Gasteiger partial charge is 0.252 e. The Bertz CT molecular complexity index is 552.